The first-order valence-electron chi connectivity index (χ1n) is 10.6. The minimum atomic E-state index is -0.261. The van der Waals surface area contributed by atoms with Crippen LogP contribution in [0.4, 0.5) is 4.79 Å². The van der Waals surface area contributed by atoms with Crippen LogP contribution in [0.3, 0.4) is 0 Å². The fourth-order valence-corrected chi connectivity index (χ4v) is 4.54. The third-order valence-electron chi connectivity index (χ3n) is 6.23. The highest BCUT2D eigenvalue weighted by molar-refractivity contribution is 5.81. The number of nitrogens with zero attached hydrogens (tertiary/aromatic N) is 2. The molecule has 0 aromatic rings. The highest BCUT2D eigenvalue weighted by Gasteiger charge is 2.34. The molecule has 7 heteroatoms. The van der Waals surface area contributed by atoms with Crippen LogP contribution in [0.25, 0.3) is 0 Å². The number of likely N-dealkylation sites (tertiary alicyclic amines) is 2. The molecule has 27 heavy (non-hydrogen) atoms. The van der Waals surface area contributed by atoms with Gasteiger partial charge in [0.15, 0.2) is 0 Å². The van der Waals surface area contributed by atoms with E-state index in [2.05, 4.69) is 5.32 Å². The molecule has 7 nitrogen and oxygen atoms in total. The van der Waals surface area contributed by atoms with Crippen LogP contribution in [0, 0.1) is 11.8 Å². The third-order valence-corrected chi connectivity index (χ3v) is 6.23. The number of hydrogen-bond acceptors (Lipinski definition) is 4. The summed E-state index contributed by atoms with van der Waals surface area (Å²) < 4.78 is 5.03. The minimum Gasteiger partial charge on any atom is -0.450 e. The first-order chi connectivity index (χ1) is 13.1. The predicted octanol–water partition coefficient (Wildman–Crippen LogP) is 2.15. The lowest BCUT2D eigenvalue weighted by Gasteiger charge is -2.34. The van der Waals surface area contributed by atoms with Gasteiger partial charge in [-0.3, -0.25) is 9.59 Å². The number of ether oxygens (including phenoxy) is 1. The molecule has 0 atom stereocenters. The van der Waals surface area contributed by atoms with E-state index >= 15 is 0 Å². The zero-order valence-corrected chi connectivity index (χ0v) is 16.5. The summed E-state index contributed by atoms with van der Waals surface area (Å²) in [5, 5.41) is 3.17. The Labute approximate surface area is 161 Å². The van der Waals surface area contributed by atoms with Crippen LogP contribution in [-0.2, 0) is 14.3 Å². The van der Waals surface area contributed by atoms with Crippen molar-refractivity contribution in [3.05, 3.63) is 0 Å². The Hall–Kier alpha value is -1.79. The molecule has 3 amide bonds. The highest BCUT2D eigenvalue weighted by Crippen LogP contribution is 2.31. The van der Waals surface area contributed by atoms with Gasteiger partial charge in [0.2, 0.25) is 11.8 Å². The molecule has 2 heterocycles. The number of rotatable bonds is 4. The average molecular weight is 380 g/mol. The average Bonchev–Trinajstić information content (AvgIpc) is 3.23. The van der Waals surface area contributed by atoms with Crippen molar-refractivity contribution < 1.29 is 19.1 Å². The Bertz CT molecular complexity index is 531. The van der Waals surface area contributed by atoms with E-state index in [1.54, 1.807) is 11.8 Å². The summed E-state index contributed by atoms with van der Waals surface area (Å²) in [6, 6.07) is 0.132. The molecule has 2 aliphatic heterocycles. The van der Waals surface area contributed by atoms with Crippen LogP contribution in [0.1, 0.15) is 58.3 Å². The highest BCUT2D eigenvalue weighted by atomic mass is 16.6. The number of carbonyl (C=O) groups is 3. The molecule has 0 aromatic heterocycles. The standard InChI is InChI=1S/C20H33N3O4/c1-2-27-20(26)23-13-9-17(10-14-23)21-18(24)15-5-7-16(8-6-15)19(25)22-11-3-4-12-22/h15-17H,2-14H2,1H3,(H,21,24). The molecule has 0 aromatic carbocycles. The van der Waals surface area contributed by atoms with Crippen LogP contribution in [0.15, 0.2) is 0 Å². The van der Waals surface area contributed by atoms with Crippen LogP contribution < -0.4 is 5.32 Å². The maximum atomic E-state index is 12.6. The lowest BCUT2D eigenvalue weighted by Crippen LogP contribution is -2.48. The lowest BCUT2D eigenvalue weighted by molar-refractivity contribution is -0.137. The van der Waals surface area contributed by atoms with Gasteiger partial charge in [-0.2, -0.15) is 0 Å². The Morgan fingerprint density at radius 2 is 1.44 bits per heavy atom. The molecule has 3 fully saturated rings. The summed E-state index contributed by atoms with van der Waals surface area (Å²) in [5.41, 5.74) is 0. The quantitative estimate of drug-likeness (QED) is 0.812. The molecule has 2 saturated heterocycles. The van der Waals surface area contributed by atoms with Crippen LogP contribution in [0.2, 0.25) is 0 Å². The van der Waals surface area contributed by atoms with E-state index in [9.17, 15) is 14.4 Å². The van der Waals surface area contributed by atoms with Gasteiger partial charge in [-0.05, 0) is 58.3 Å². The summed E-state index contributed by atoms with van der Waals surface area (Å²) in [5.74, 6) is 0.560. The summed E-state index contributed by atoms with van der Waals surface area (Å²) in [7, 11) is 0. The van der Waals surface area contributed by atoms with E-state index in [0.717, 1.165) is 64.5 Å². The molecule has 3 aliphatic rings. The molecule has 1 N–H and O–H groups in total. The Morgan fingerprint density at radius 1 is 0.852 bits per heavy atom. The number of hydrogen-bond donors (Lipinski definition) is 1. The molecule has 0 unspecified atom stereocenters. The maximum absolute atomic E-state index is 12.6. The van der Waals surface area contributed by atoms with Gasteiger partial charge in [-0.1, -0.05) is 0 Å². The van der Waals surface area contributed by atoms with Crippen molar-refractivity contribution in [2.24, 2.45) is 11.8 Å². The molecule has 1 aliphatic carbocycles. The van der Waals surface area contributed by atoms with E-state index in [0.29, 0.717) is 25.6 Å². The number of carbonyl (C=O) groups excluding carboxylic acids is 3. The largest absolute Gasteiger partial charge is 0.450 e. The Kier molecular flexibility index (Phi) is 6.96. The van der Waals surface area contributed by atoms with E-state index in [-0.39, 0.29) is 29.9 Å². The molecular weight excluding hydrogens is 346 g/mol. The monoisotopic (exact) mass is 379 g/mol. The molecule has 0 radical (unpaired) electrons. The van der Waals surface area contributed by atoms with Crippen molar-refractivity contribution in [1.29, 1.82) is 0 Å². The molecular formula is C20H33N3O4. The van der Waals surface area contributed by atoms with Crippen molar-refractivity contribution in [3.63, 3.8) is 0 Å². The zero-order chi connectivity index (χ0) is 19.2. The molecule has 3 rings (SSSR count). The molecule has 0 spiro atoms. The summed E-state index contributed by atoms with van der Waals surface area (Å²) >= 11 is 0. The Balaban J connectivity index is 1.37. The van der Waals surface area contributed by atoms with Crippen molar-refractivity contribution >= 4 is 17.9 Å². The van der Waals surface area contributed by atoms with Crippen molar-refractivity contribution in [2.75, 3.05) is 32.8 Å². The third kappa shape index (κ3) is 5.14. The number of piperidine rings is 1. The van der Waals surface area contributed by atoms with Gasteiger partial charge in [0.05, 0.1) is 6.61 Å². The van der Waals surface area contributed by atoms with Gasteiger partial charge < -0.3 is 19.9 Å². The molecule has 152 valence electrons. The van der Waals surface area contributed by atoms with Gasteiger partial charge in [-0.15, -0.1) is 0 Å². The van der Waals surface area contributed by atoms with Crippen molar-refractivity contribution in [1.82, 2.24) is 15.1 Å². The predicted molar refractivity (Wildman–Crippen MR) is 101 cm³/mol. The van der Waals surface area contributed by atoms with Crippen molar-refractivity contribution in [3.8, 4) is 0 Å². The van der Waals surface area contributed by atoms with Gasteiger partial charge in [0.1, 0.15) is 0 Å². The maximum Gasteiger partial charge on any atom is 0.409 e. The van der Waals surface area contributed by atoms with Gasteiger partial charge in [-0.25, -0.2) is 4.79 Å². The summed E-state index contributed by atoms with van der Waals surface area (Å²) in [6.45, 7) is 5.26. The second-order valence-electron chi connectivity index (χ2n) is 8.05. The van der Waals surface area contributed by atoms with Crippen molar-refractivity contribution in [2.45, 2.75) is 64.3 Å². The lowest BCUT2D eigenvalue weighted by atomic mass is 9.80. The van der Waals surface area contributed by atoms with E-state index in [4.69, 9.17) is 4.74 Å². The normalized spacial score (nSPS) is 26.7. The molecule has 0 bridgehead atoms. The second kappa shape index (κ2) is 9.42. The summed E-state index contributed by atoms with van der Waals surface area (Å²) in [4.78, 5) is 40.6. The number of amides is 3. The fraction of sp³-hybridized carbons (Fsp3) is 0.850. The minimum absolute atomic E-state index is 0.0238. The SMILES string of the molecule is CCOC(=O)N1CCC(NC(=O)C2CCC(C(=O)N3CCCC3)CC2)CC1. The summed E-state index contributed by atoms with van der Waals surface area (Å²) in [6.07, 6.45) is 6.79. The van der Waals surface area contributed by atoms with Gasteiger partial charge >= 0.3 is 6.09 Å². The number of nitrogens with one attached hydrogen (secondary N) is 1. The fourth-order valence-electron chi connectivity index (χ4n) is 4.54. The van der Waals surface area contributed by atoms with E-state index in [1.165, 1.54) is 0 Å². The molecule has 1 saturated carbocycles. The van der Waals surface area contributed by atoms with Crippen LogP contribution in [-0.4, -0.2) is 66.5 Å². The van der Waals surface area contributed by atoms with Crippen LogP contribution >= 0.6 is 0 Å². The van der Waals surface area contributed by atoms with Gasteiger partial charge in [0, 0.05) is 44.1 Å². The van der Waals surface area contributed by atoms with Gasteiger partial charge in [0.25, 0.3) is 0 Å². The first kappa shape index (κ1) is 20.0. The zero-order valence-electron chi connectivity index (χ0n) is 16.5. The van der Waals surface area contributed by atoms with E-state index < -0.39 is 0 Å². The Morgan fingerprint density at radius 3 is 2.04 bits per heavy atom. The first-order valence-corrected chi connectivity index (χ1v) is 10.6. The second-order valence-corrected chi connectivity index (χ2v) is 8.05. The van der Waals surface area contributed by atoms with Crippen LogP contribution in [0.5, 0.6) is 0 Å². The topological polar surface area (TPSA) is 79.0 Å². The smallest absolute Gasteiger partial charge is 0.409 e. The van der Waals surface area contributed by atoms with E-state index in [1.807, 2.05) is 4.90 Å².